The highest BCUT2D eigenvalue weighted by atomic mass is 16.6. The lowest BCUT2D eigenvalue weighted by atomic mass is 10.1. The number of hydrogen-bond acceptors (Lipinski definition) is 8. The number of nitrogens with zero attached hydrogens (tertiary/aromatic N) is 2. The average Bonchev–Trinajstić information content (AvgIpc) is 3.21. The number of benzene rings is 2. The van der Waals surface area contributed by atoms with Gasteiger partial charge in [-0.05, 0) is 6.92 Å². The second-order valence-electron chi connectivity index (χ2n) is 5.77. The van der Waals surface area contributed by atoms with Gasteiger partial charge in [-0.2, -0.15) is 0 Å². The molecule has 3 aromatic rings. The van der Waals surface area contributed by atoms with Crippen molar-refractivity contribution in [3.05, 3.63) is 70.2 Å². The molecule has 0 N–H and O–H groups in total. The number of nitro benzene ring substituents is 1. The summed E-state index contributed by atoms with van der Waals surface area (Å²) < 4.78 is 21.2. The lowest BCUT2D eigenvalue weighted by molar-refractivity contribution is -0.385. The molecule has 0 saturated heterocycles. The molecule has 9 nitrogen and oxygen atoms in total. The van der Waals surface area contributed by atoms with E-state index in [0.717, 1.165) is 11.6 Å². The zero-order valence-corrected chi connectivity index (χ0v) is 15.8. The summed E-state index contributed by atoms with van der Waals surface area (Å²) in [6, 6.07) is 11.7. The van der Waals surface area contributed by atoms with Crippen LogP contribution in [0.1, 0.15) is 23.2 Å². The lowest BCUT2D eigenvalue weighted by Crippen LogP contribution is -2.10. The Hall–Kier alpha value is -3.88. The SMILES string of the molecule is CCOc1cc(C(=O)OCc2ncc(-c3ccccc3)o2)c([N+](=O)[O-])cc1OC. The molecule has 1 aromatic heterocycles. The van der Waals surface area contributed by atoms with Crippen LogP contribution in [0, 0.1) is 10.1 Å². The summed E-state index contributed by atoms with van der Waals surface area (Å²) in [7, 11) is 1.35. The minimum absolute atomic E-state index is 0.148. The predicted octanol–water partition coefficient (Wildman–Crippen LogP) is 4.01. The summed E-state index contributed by atoms with van der Waals surface area (Å²) >= 11 is 0. The van der Waals surface area contributed by atoms with Crippen LogP contribution in [0.2, 0.25) is 0 Å². The van der Waals surface area contributed by atoms with Crippen molar-refractivity contribution in [3.63, 3.8) is 0 Å². The van der Waals surface area contributed by atoms with Crippen LogP contribution in [0.15, 0.2) is 53.1 Å². The van der Waals surface area contributed by atoms with Crippen LogP contribution in [0.3, 0.4) is 0 Å². The molecule has 3 rings (SSSR count). The van der Waals surface area contributed by atoms with Gasteiger partial charge in [-0.25, -0.2) is 9.78 Å². The Morgan fingerprint density at radius 2 is 1.97 bits per heavy atom. The van der Waals surface area contributed by atoms with E-state index in [9.17, 15) is 14.9 Å². The monoisotopic (exact) mass is 398 g/mol. The number of carbonyl (C=O) groups excluding carboxylic acids is 1. The van der Waals surface area contributed by atoms with Crippen LogP contribution in [0.25, 0.3) is 11.3 Å². The summed E-state index contributed by atoms with van der Waals surface area (Å²) in [4.78, 5) is 27.2. The van der Waals surface area contributed by atoms with E-state index >= 15 is 0 Å². The Balaban J connectivity index is 1.79. The number of ether oxygens (including phenoxy) is 3. The Morgan fingerprint density at radius 1 is 1.21 bits per heavy atom. The Morgan fingerprint density at radius 3 is 2.62 bits per heavy atom. The summed E-state index contributed by atoms with van der Waals surface area (Å²) in [6.07, 6.45) is 1.52. The molecule has 1 heterocycles. The van der Waals surface area contributed by atoms with Crippen LogP contribution in [0.5, 0.6) is 11.5 Å². The van der Waals surface area contributed by atoms with Gasteiger partial charge in [0.2, 0.25) is 5.89 Å². The van der Waals surface area contributed by atoms with Gasteiger partial charge in [-0.3, -0.25) is 10.1 Å². The Kier molecular flexibility index (Phi) is 6.08. The van der Waals surface area contributed by atoms with Gasteiger partial charge in [-0.15, -0.1) is 0 Å². The van der Waals surface area contributed by atoms with E-state index in [4.69, 9.17) is 18.6 Å². The zero-order valence-electron chi connectivity index (χ0n) is 15.8. The number of carbonyl (C=O) groups is 1. The molecule has 0 aliphatic carbocycles. The van der Waals surface area contributed by atoms with Crippen LogP contribution >= 0.6 is 0 Å². The summed E-state index contributed by atoms with van der Waals surface area (Å²) in [5.74, 6) is 0.134. The van der Waals surface area contributed by atoms with Gasteiger partial charge in [0.15, 0.2) is 23.9 Å². The summed E-state index contributed by atoms with van der Waals surface area (Å²) in [5.41, 5.74) is 0.117. The van der Waals surface area contributed by atoms with Crippen LogP contribution in [-0.4, -0.2) is 29.6 Å². The van der Waals surface area contributed by atoms with E-state index in [-0.39, 0.29) is 29.6 Å². The van der Waals surface area contributed by atoms with Crippen LogP contribution in [-0.2, 0) is 11.3 Å². The maximum absolute atomic E-state index is 12.5. The van der Waals surface area contributed by atoms with Gasteiger partial charge < -0.3 is 18.6 Å². The number of aromatic nitrogens is 1. The van der Waals surface area contributed by atoms with Gasteiger partial charge in [0, 0.05) is 11.6 Å². The minimum Gasteiger partial charge on any atom is -0.493 e. The van der Waals surface area contributed by atoms with E-state index < -0.39 is 16.6 Å². The highest BCUT2D eigenvalue weighted by molar-refractivity contribution is 5.95. The topological polar surface area (TPSA) is 114 Å². The molecule has 0 aliphatic rings. The molecule has 0 unspecified atom stereocenters. The van der Waals surface area contributed by atoms with Crippen molar-refractivity contribution in [2.24, 2.45) is 0 Å². The highest BCUT2D eigenvalue weighted by Crippen LogP contribution is 2.35. The van der Waals surface area contributed by atoms with Crippen LogP contribution in [0.4, 0.5) is 5.69 Å². The molecule has 9 heteroatoms. The maximum atomic E-state index is 12.5. The van der Waals surface area contributed by atoms with Crippen molar-refractivity contribution >= 4 is 11.7 Å². The number of nitro groups is 1. The third kappa shape index (κ3) is 4.52. The fourth-order valence-electron chi connectivity index (χ4n) is 2.61. The molecule has 0 aliphatic heterocycles. The number of methoxy groups -OCH3 is 1. The Labute approximate surface area is 166 Å². The van der Waals surface area contributed by atoms with E-state index in [1.54, 1.807) is 6.92 Å². The van der Waals surface area contributed by atoms with E-state index in [1.807, 2.05) is 30.3 Å². The molecule has 0 spiro atoms. The molecule has 0 fully saturated rings. The van der Waals surface area contributed by atoms with Crippen molar-refractivity contribution in [2.75, 3.05) is 13.7 Å². The second-order valence-corrected chi connectivity index (χ2v) is 5.77. The third-order valence-electron chi connectivity index (χ3n) is 3.94. The smallest absolute Gasteiger partial charge is 0.345 e. The van der Waals surface area contributed by atoms with Crippen molar-refractivity contribution in [1.82, 2.24) is 4.98 Å². The molecule has 150 valence electrons. The second kappa shape index (κ2) is 8.87. The van der Waals surface area contributed by atoms with Crippen molar-refractivity contribution in [1.29, 1.82) is 0 Å². The van der Waals surface area contributed by atoms with E-state index in [2.05, 4.69) is 4.98 Å². The maximum Gasteiger partial charge on any atom is 0.345 e. The van der Waals surface area contributed by atoms with Crippen molar-refractivity contribution < 1.29 is 28.3 Å². The molecule has 29 heavy (non-hydrogen) atoms. The third-order valence-corrected chi connectivity index (χ3v) is 3.94. The molecule has 0 amide bonds. The minimum atomic E-state index is -0.903. The quantitative estimate of drug-likeness (QED) is 0.318. The molecule has 2 aromatic carbocycles. The molecular weight excluding hydrogens is 380 g/mol. The number of hydrogen-bond donors (Lipinski definition) is 0. The first-order chi connectivity index (χ1) is 14.0. The van der Waals surface area contributed by atoms with Gasteiger partial charge in [0.1, 0.15) is 5.56 Å². The first-order valence-corrected chi connectivity index (χ1v) is 8.70. The number of oxazole rings is 1. The molecule has 0 saturated carbocycles. The zero-order chi connectivity index (χ0) is 20.8. The van der Waals surface area contributed by atoms with Crippen molar-refractivity contribution in [3.8, 4) is 22.8 Å². The largest absolute Gasteiger partial charge is 0.493 e. The van der Waals surface area contributed by atoms with Crippen molar-refractivity contribution in [2.45, 2.75) is 13.5 Å². The summed E-state index contributed by atoms with van der Waals surface area (Å²) in [5, 5.41) is 11.4. The predicted molar refractivity (Wildman–Crippen MR) is 102 cm³/mol. The lowest BCUT2D eigenvalue weighted by Gasteiger charge is -2.11. The van der Waals surface area contributed by atoms with Gasteiger partial charge in [0.05, 0.1) is 30.9 Å². The number of rotatable bonds is 8. The fourth-order valence-corrected chi connectivity index (χ4v) is 2.61. The number of esters is 1. The van der Waals surface area contributed by atoms with E-state index in [0.29, 0.717) is 12.4 Å². The van der Waals surface area contributed by atoms with Crippen LogP contribution < -0.4 is 9.47 Å². The standard InChI is InChI=1S/C20H18N2O7/c1-3-27-17-9-14(15(22(24)25)10-16(17)26-2)20(23)28-12-19-21-11-18(29-19)13-7-5-4-6-8-13/h4-11H,3,12H2,1-2H3. The average molecular weight is 398 g/mol. The molecule has 0 atom stereocenters. The van der Waals surface area contributed by atoms with E-state index in [1.165, 1.54) is 19.4 Å². The highest BCUT2D eigenvalue weighted by Gasteiger charge is 2.26. The normalized spacial score (nSPS) is 10.4. The fraction of sp³-hybridized carbons (Fsp3) is 0.200. The van der Waals surface area contributed by atoms with Gasteiger partial charge in [-0.1, -0.05) is 30.3 Å². The van der Waals surface area contributed by atoms with Gasteiger partial charge >= 0.3 is 5.97 Å². The summed E-state index contributed by atoms with van der Waals surface area (Å²) in [6.45, 7) is 1.76. The molecule has 0 bridgehead atoms. The van der Waals surface area contributed by atoms with Gasteiger partial charge in [0.25, 0.3) is 5.69 Å². The first-order valence-electron chi connectivity index (χ1n) is 8.70. The molecular formula is C20H18N2O7. The molecule has 0 radical (unpaired) electrons. The Bertz CT molecular complexity index is 1010. The first kappa shape index (κ1) is 19.9.